The van der Waals surface area contributed by atoms with Crippen LogP contribution in [0.5, 0.6) is 0 Å². The minimum Gasteiger partial charge on any atom is -0.443 e. The molecule has 1 aromatic heterocycles. The molecule has 1 aliphatic heterocycles. The first kappa shape index (κ1) is 24.4. The summed E-state index contributed by atoms with van der Waals surface area (Å²) in [5.74, 6) is 0. The third-order valence-electron chi connectivity index (χ3n) is 3.65. The molecule has 30 heavy (non-hydrogen) atoms. The van der Waals surface area contributed by atoms with Gasteiger partial charge in [0.25, 0.3) is 0 Å². The van der Waals surface area contributed by atoms with E-state index in [4.69, 9.17) is 14.5 Å². The van der Waals surface area contributed by atoms with E-state index in [0.717, 1.165) is 14.3 Å². The standard InChI is InChI=1S/C21H28BrN3O4S/c1-13-12-21(8,15-11-14(22)9-10-23-15)24-16(30-13)25(17(26)28-19(2,3)4)18(27)29-20(5,6)7/h9-12H,1-8H3/t21-/m0/s1. The number of amidine groups is 1. The second-order valence-electron chi connectivity index (χ2n) is 9.05. The molecule has 0 N–H and O–H groups in total. The lowest BCUT2D eigenvalue weighted by molar-refractivity contribution is 0.0152. The quantitative estimate of drug-likeness (QED) is 0.456. The zero-order valence-corrected chi connectivity index (χ0v) is 21.0. The predicted octanol–water partition coefficient (Wildman–Crippen LogP) is 6.24. The molecule has 164 valence electrons. The molecule has 0 bridgehead atoms. The summed E-state index contributed by atoms with van der Waals surface area (Å²) in [6.45, 7) is 14.1. The minimum absolute atomic E-state index is 0.169. The number of hydrogen-bond acceptors (Lipinski definition) is 7. The zero-order valence-electron chi connectivity index (χ0n) is 18.6. The minimum atomic E-state index is -0.878. The first-order valence-electron chi connectivity index (χ1n) is 9.45. The molecule has 0 fully saturated rings. The maximum atomic E-state index is 13.0. The summed E-state index contributed by atoms with van der Waals surface area (Å²) in [5.41, 5.74) is -1.80. The highest BCUT2D eigenvalue weighted by Gasteiger charge is 2.39. The van der Waals surface area contributed by atoms with Crippen molar-refractivity contribution in [1.29, 1.82) is 0 Å². The van der Waals surface area contributed by atoms with Gasteiger partial charge in [0.1, 0.15) is 16.7 Å². The molecule has 1 aromatic rings. The highest BCUT2D eigenvalue weighted by molar-refractivity contribution is 9.10. The molecule has 9 heteroatoms. The van der Waals surface area contributed by atoms with Crippen LogP contribution in [-0.4, -0.2) is 38.4 Å². The van der Waals surface area contributed by atoms with E-state index in [1.54, 1.807) is 47.7 Å². The Morgan fingerprint density at radius 3 is 2.10 bits per heavy atom. The smallest absolute Gasteiger partial charge is 0.426 e. The van der Waals surface area contributed by atoms with Gasteiger partial charge in [-0.3, -0.25) is 4.98 Å². The molecule has 2 amide bonds. The van der Waals surface area contributed by atoms with Crippen molar-refractivity contribution >= 4 is 45.0 Å². The molecule has 0 spiro atoms. The van der Waals surface area contributed by atoms with Gasteiger partial charge in [0, 0.05) is 10.7 Å². The summed E-state index contributed by atoms with van der Waals surface area (Å²) in [7, 11) is 0. The topological polar surface area (TPSA) is 81.1 Å². The maximum absolute atomic E-state index is 13.0. The van der Waals surface area contributed by atoms with Crippen molar-refractivity contribution in [3.8, 4) is 0 Å². The Kier molecular flexibility index (Phi) is 7.08. The van der Waals surface area contributed by atoms with Gasteiger partial charge >= 0.3 is 12.2 Å². The van der Waals surface area contributed by atoms with Gasteiger partial charge in [0.2, 0.25) is 0 Å². The number of amides is 2. The number of hydrogen-bond donors (Lipinski definition) is 0. The first-order chi connectivity index (χ1) is 13.6. The molecule has 0 saturated heterocycles. The summed E-state index contributed by atoms with van der Waals surface area (Å²) in [6, 6.07) is 3.67. The zero-order chi connectivity index (χ0) is 22.9. The Labute approximate surface area is 190 Å². The van der Waals surface area contributed by atoms with Crippen molar-refractivity contribution in [3.63, 3.8) is 0 Å². The molecule has 0 aromatic carbocycles. The highest BCUT2D eigenvalue weighted by Crippen LogP contribution is 2.38. The van der Waals surface area contributed by atoms with Crippen molar-refractivity contribution in [3.05, 3.63) is 39.5 Å². The van der Waals surface area contributed by atoms with E-state index in [1.165, 1.54) is 11.8 Å². The third-order valence-corrected chi connectivity index (χ3v) is 5.04. The SMILES string of the molecule is CC1=C[C@@](C)(c2cc(Br)ccn2)N=C(N(C(=O)OC(C)(C)C)C(=O)OC(C)(C)C)S1. The van der Waals surface area contributed by atoms with Crippen LogP contribution in [0.2, 0.25) is 0 Å². The molecular weight excluding hydrogens is 470 g/mol. The van der Waals surface area contributed by atoms with E-state index >= 15 is 0 Å². The van der Waals surface area contributed by atoms with Gasteiger partial charge in [-0.2, -0.15) is 4.90 Å². The lowest BCUT2D eigenvalue weighted by Gasteiger charge is -2.33. The number of nitrogens with zero attached hydrogens (tertiary/aromatic N) is 3. The molecule has 1 aliphatic rings. The normalized spacial score (nSPS) is 19.5. The van der Waals surface area contributed by atoms with Gasteiger partial charge in [0.15, 0.2) is 5.17 Å². The Hall–Kier alpha value is -1.87. The van der Waals surface area contributed by atoms with Crippen molar-refractivity contribution in [2.75, 3.05) is 0 Å². The van der Waals surface area contributed by atoms with Crippen LogP contribution in [0.1, 0.15) is 61.1 Å². The Bertz CT molecular complexity index is 874. The average Bonchev–Trinajstić information content (AvgIpc) is 2.50. The number of rotatable bonds is 1. The molecule has 2 heterocycles. The second-order valence-corrected chi connectivity index (χ2v) is 11.2. The van der Waals surface area contributed by atoms with Crippen LogP contribution in [0.15, 0.2) is 38.8 Å². The number of halogens is 1. The maximum Gasteiger partial charge on any atom is 0.426 e. The van der Waals surface area contributed by atoms with Gasteiger partial charge < -0.3 is 9.47 Å². The number of thioether (sulfide) groups is 1. The molecule has 0 unspecified atom stereocenters. The number of imide groups is 1. The van der Waals surface area contributed by atoms with Crippen LogP contribution < -0.4 is 0 Å². The lowest BCUT2D eigenvalue weighted by Crippen LogP contribution is -2.47. The fourth-order valence-electron chi connectivity index (χ4n) is 2.58. The molecule has 7 nitrogen and oxygen atoms in total. The van der Waals surface area contributed by atoms with Gasteiger partial charge in [-0.1, -0.05) is 27.7 Å². The fourth-order valence-corrected chi connectivity index (χ4v) is 3.96. The Morgan fingerprint density at radius 2 is 1.63 bits per heavy atom. The lowest BCUT2D eigenvalue weighted by atomic mass is 9.97. The van der Waals surface area contributed by atoms with Gasteiger partial charge in [-0.25, -0.2) is 14.6 Å². The van der Waals surface area contributed by atoms with E-state index in [0.29, 0.717) is 5.69 Å². The van der Waals surface area contributed by atoms with E-state index < -0.39 is 28.9 Å². The number of ether oxygens (including phenoxy) is 2. The molecule has 0 aliphatic carbocycles. The number of carbonyl (C=O) groups is 2. The summed E-state index contributed by atoms with van der Waals surface area (Å²) in [5, 5.41) is 0.169. The van der Waals surface area contributed by atoms with Crippen LogP contribution in [0, 0.1) is 0 Å². The van der Waals surface area contributed by atoms with Crippen molar-refractivity contribution in [2.45, 2.75) is 72.1 Å². The molecule has 0 radical (unpaired) electrons. The van der Waals surface area contributed by atoms with Gasteiger partial charge in [0.05, 0.1) is 5.69 Å². The molecular formula is C21H28BrN3O4S. The second kappa shape index (κ2) is 8.70. The van der Waals surface area contributed by atoms with Crippen LogP contribution in [-0.2, 0) is 15.0 Å². The van der Waals surface area contributed by atoms with Gasteiger partial charge in [-0.05, 0) is 78.5 Å². The number of pyridine rings is 1. The Morgan fingerprint density at radius 1 is 1.10 bits per heavy atom. The fraction of sp³-hybridized carbons (Fsp3) is 0.524. The molecule has 1 atom stereocenters. The largest absolute Gasteiger partial charge is 0.443 e. The summed E-state index contributed by atoms with van der Waals surface area (Å²) in [6.07, 6.45) is 1.92. The third kappa shape index (κ3) is 6.57. The number of carbonyl (C=O) groups excluding carboxylic acids is 2. The highest BCUT2D eigenvalue weighted by atomic mass is 79.9. The summed E-state index contributed by atoms with van der Waals surface area (Å²) < 4.78 is 11.8. The monoisotopic (exact) mass is 497 g/mol. The number of allylic oxidation sites excluding steroid dienone is 1. The summed E-state index contributed by atoms with van der Waals surface area (Å²) in [4.78, 5) is 36.8. The van der Waals surface area contributed by atoms with Crippen molar-refractivity contribution < 1.29 is 19.1 Å². The number of aromatic nitrogens is 1. The van der Waals surface area contributed by atoms with E-state index in [9.17, 15) is 9.59 Å². The van der Waals surface area contributed by atoms with Crippen LogP contribution >= 0.6 is 27.7 Å². The van der Waals surface area contributed by atoms with Crippen molar-refractivity contribution in [2.24, 2.45) is 4.99 Å². The van der Waals surface area contributed by atoms with Crippen molar-refractivity contribution in [1.82, 2.24) is 9.88 Å². The van der Waals surface area contributed by atoms with E-state index in [1.807, 2.05) is 32.1 Å². The van der Waals surface area contributed by atoms with E-state index in [2.05, 4.69) is 20.9 Å². The average molecular weight is 498 g/mol. The van der Waals surface area contributed by atoms with Gasteiger partial charge in [-0.15, -0.1) is 0 Å². The van der Waals surface area contributed by atoms with E-state index in [-0.39, 0.29) is 5.17 Å². The van der Waals surface area contributed by atoms with Crippen LogP contribution in [0.25, 0.3) is 0 Å². The summed E-state index contributed by atoms with van der Waals surface area (Å²) >= 11 is 4.65. The van der Waals surface area contributed by atoms with Crippen LogP contribution in [0.3, 0.4) is 0 Å². The molecule has 0 saturated carbocycles. The Balaban J connectivity index is 2.54. The van der Waals surface area contributed by atoms with Crippen LogP contribution in [0.4, 0.5) is 9.59 Å². The first-order valence-corrected chi connectivity index (χ1v) is 11.1. The predicted molar refractivity (Wildman–Crippen MR) is 122 cm³/mol. The number of aliphatic imine (C=N–C) groups is 1. The molecule has 2 rings (SSSR count).